The summed E-state index contributed by atoms with van der Waals surface area (Å²) in [6, 6.07) is 6.35. The summed E-state index contributed by atoms with van der Waals surface area (Å²) in [5, 5.41) is 0. The van der Waals surface area contributed by atoms with Gasteiger partial charge in [-0.2, -0.15) is 0 Å². The molecule has 4 aliphatic rings. The molecule has 4 fully saturated rings. The minimum atomic E-state index is -0.153. The van der Waals surface area contributed by atoms with E-state index < -0.39 is 0 Å². The Morgan fingerprint density at radius 3 is 2.42 bits per heavy atom. The Morgan fingerprint density at radius 1 is 1.00 bits per heavy atom. The fourth-order valence-electron chi connectivity index (χ4n) is 9.76. The van der Waals surface area contributed by atoms with Crippen molar-refractivity contribution >= 4 is 5.78 Å². The van der Waals surface area contributed by atoms with Gasteiger partial charge in [-0.25, -0.2) is 0 Å². The van der Waals surface area contributed by atoms with Gasteiger partial charge in [-0.15, -0.1) is 0 Å². The van der Waals surface area contributed by atoms with Gasteiger partial charge in [0.1, 0.15) is 0 Å². The number of benzene rings is 1. The molecule has 4 aliphatic carbocycles. The normalized spacial score (nSPS) is 44.6. The summed E-state index contributed by atoms with van der Waals surface area (Å²) in [5.41, 5.74) is 11.0. The summed E-state index contributed by atoms with van der Waals surface area (Å²) in [7, 11) is 1.89. The minimum Gasteiger partial charge on any atom is -0.384 e. The van der Waals surface area contributed by atoms with Crippen molar-refractivity contribution in [3.8, 4) is 0 Å². The van der Waals surface area contributed by atoms with Crippen molar-refractivity contribution in [1.29, 1.82) is 0 Å². The van der Waals surface area contributed by atoms with Gasteiger partial charge < -0.3 is 10.5 Å². The zero-order valence-electron chi connectivity index (χ0n) is 21.6. The highest BCUT2D eigenvalue weighted by molar-refractivity contribution is 5.99. The number of ether oxygens (including phenoxy) is 1. The number of Topliss-reactive ketones (excluding diaryl/α,β-unsaturated/α-hetero) is 1. The highest BCUT2D eigenvalue weighted by Gasteiger charge is 2.67. The van der Waals surface area contributed by atoms with Crippen LogP contribution < -0.4 is 5.73 Å². The van der Waals surface area contributed by atoms with Crippen LogP contribution in [0.4, 0.5) is 0 Å². The Hall–Kier alpha value is -1.19. The Morgan fingerprint density at radius 2 is 1.73 bits per heavy atom. The lowest BCUT2D eigenvalue weighted by atomic mass is 9.41. The first-order chi connectivity index (χ1) is 15.6. The molecule has 33 heavy (non-hydrogen) atoms. The van der Waals surface area contributed by atoms with E-state index in [0.717, 1.165) is 56.1 Å². The molecule has 5 rings (SSSR count). The van der Waals surface area contributed by atoms with E-state index in [0.29, 0.717) is 17.6 Å². The summed E-state index contributed by atoms with van der Waals surface area (Å²) < 4.78 is 5.94. The van der Waals surface area contributed by atoms with Gasteiger partial charge in [-0.05, 0) is 106 Å². The minimum absolute atomic E-state index is 0.0169. The molecule has 0 saturated heterocycles. The number of carbonyl (C=O) groups is 1. The van der Waals surface area contributed by atoms with Gasteiger partial charge in [0, 0.05) is 29.5 Å². The number of fused-ring (bicyclic) bond motifs is 5. The van der Waals surface area contributed by atoms with Gasteiger partial charge in [-0.3, -0.25) is 4.79 Å². The predicted molar refractivity (Wildman–Crippen MR) is 134 cm³/mol. The topological polar surface area (TPSA) is 52.3 Å². The monoisotopic (exact) mass is 451 g/mol. The fraction of sp³-hybridized carbons (Fsp3) is 0.767. The Bertz CT molecular complexity index is 906. The van der Waals surface area contributed by atoms with E-state index in [1.807, 2.05) is 7.11 Å². The number of aryl methyl sites for hydroxylation is 2. The number of methoxy groups -OCH3 is 1. The zero-order valence-corrected chi connectivity index (χ0v) is 21.6. The molecule has 0 aromatic heterocycles. The van der Waals surface area contributed by atoms with E-state index in [2.05, 4.69) is 45.9 Å². The molecule has 3 heteroatoms. The number of hydrogen-bond acceptors (Lipinski definition) is 3. The molecule has 4 saturated carbocycles. The predicted octanol–water partition coefficient (Wildman–Crippen LogP) is 6.49. The molecular weight excluding hydrogens is 406 g/mol. The van der Waals surface area contributed by atoms with Crippen LogP contribution >= 0.6 is 0 Å². The van der Waals surface area contributed by atoms with E-state index in [-0.39, 0.29) is 22.3 Å². The first-order valence-electron chi connectivity index (χ1n) is 13.5. The van der Waals surface area contributed by atoms with E-state index in [9.17, 15) is 4.79 Å². The van der Waals surface area contributed by atoms with Gasteiger partial charge in [-0.1, -0.05) is 37.5 Å². The van der Waals surface area contributed by atoms with Crippen molar-refractivity contribution < 1.29 is 9.53 Å². The first kappa shape index (κ1) is 23.5. The van der Waals surface area contributed by atoms with Gasteiger partial charge >= 0.3 is 0 Å². The zero-order chi connectivity index (χ0) is 23.6. The summed E-state index contributed by atoms with van der Waals surface area (Å²) in [4.78, 5) is 13.8. The second-order valence-corrected chi connectivity index (χ2v) is 12.9. The highest BCUT2D eigenvalue weighted by Crippen LogP contribution is 2.68. The Kier molecular flexibility index (Phi) is 5.85. The average molecular weight is 452 g/mol. The van der Waals surface area contributed by atoms with Crippen LogP contribution in [0, 0.1) is 54.3 Å². The third kappa shape index (κ3) is 3.47. The third-order valence-corrected chi connectivity index (χ3v) is 11.1. The molecule has 0 bridgehead atoms. The van der Waals surface area contributed by atoms with Crippen molar-refractivity contribution in [3.05, 3.63) is 34.9 Å². The molecule has 0 aliphatic heterocycles. The molecular formula is C30H45NO2. The van der Waals surface area contributed by atoms with Gasteiger partial charge in [0.05, 0.1) is 6.61 Å². The Balaban J connectivity index is 1.47. The molecule has 3 nitrogen and oxygen atoms in total. The van der Waals surface area contributed by atoms with Crippen molar-refractivity contribution in [2.24, 2.45) is 46.2 Å². The molecule has 8 atom stereocenters. The molecule has 1 aromatic rings. The largest absolute Gasteiger partial charge is 0.384 e. The van der Waals surface area contributed by atoms with Crippen LogP contribution in [0.3, 0.4) is 0 Å². The molecule has 0 amide bonds. The smallest absolute Gasteiger partial charge is 0.166 e. The molecule has 0 spiro atoms. The average Bonchev–Trinajstić information content (AvgIpc) is 3.11. The molecule has 0 radical (unpaired) electrons. The van der Waals surface area contributed by atoms with E-state index in [1.54, 1.807) is 0 Å². The molecule has 1 aromatic carbocycles. The molecule has 0 heterocycles. The number of nitrogens with two attached hydrogens (primary N) is 1. The quantitative estimate of drug-likeness (QED) is 0.532. The lowest BCUT2D eigenvalue weighted by Crippen LogP contribution is -2.69. The van der Waals surface area contributed by atoms with E-state index in [1.165, 1.54) is 36.8 Å². The van der Waals surface area contributed by atoms with Crippen LogP contribution in [-0.4, -0.2) is 25.0 Å². The van der Waals surface area contributed by atoms with Crippen LogP contribution in [0.15, 0.2) is 18.2 Å². The lowest BCUT2D eigenvalue weighted by molar-refractivity contribution is -0.159. The van der Waals surface area contributed by atoms with Crippen LogP contribution in [0.1, 0.15) is 93.1 Å². The summed E-state index contributed by atoms with van der Waals surface area (Å²) >= 11 is 0. The van der Waals surface area contributed by atoms with Crippen LogP contribution in [0.2, 0.25) is 0 Å². The fourth-order valence-corrected chi connectivity index (χ4v) is 9.76. The van der Waals surface area contributed by atoms with Crippen molar-refractivity contribution in [3.63, 3.8) is 0 Å². The number of hydrogen-bond donors (Lipinski definition) is 1. The van der Waals surface area contributed by atoms with E-state index >= 15 is 0 Å². The molecule has 182 valence electrons. The maximum Gasteiger partial charge on any atom is 0.166 e. The first-order valence-corrected chi connectivity index (χ1v) is 13.5. The summed E-state index contributed by atoms with van der Waals surface area (Å²) in [6.07, 6.45) is 10.7. The number of ketones is 1. The van der Waals surface area contributed by atoms with E-state index in [4.69, 9.17) is 10.5 Å². The third-order valence-electron chi connectivity index (χ3n) is 11.1. The molecule has 2 N–H and O–H groups in total. The Labute approximate surface area is 201 Å². The van der Waals surface area contributed by atoms with Gasteiger partial charge in [0.2, 0.25) is 0 Å². The summed E-state index contributed by atoms with van der Waals surface area (Å²) in [5.74, 6) is 3.02. The SMILES string of the molecule is COC[C@]12CC[C@H](C)CC1CC[C@]1(N)C2CC[C@@]2(C)C1CC[C@@H]2C(=O)c1cc(C)cc(C)c1. The second-order valence-electron chi connectivity index (χ2n) is 12.9. The molecule has 3 unspecified atom stereocenters. The van der Waals surface area contributed by atoms with Crippen LogP contribution in [0.25, 0.3) is 0 Å². The van der Waals surface area contributed by atoms with Crippen molar-refractivity contribution in [2.45, 2.75) is 91.0 Å². The lowest BCUT2D eigenvalue weighted by Gasteiger charge is -2.66. The number of carbonyl (C=O) groups excluding carboxylic acids is 1. The summed E-state index contributed by atoms with van der Waals surface area (Å²) in [6.45, 7) is 9.91. The second kappa shape index (κ2) is 8.19. The van der Waals surface area contributed by atoms with Crippen molar-refractivity contribution in [2.75, 3.05) is 13.7 Å². The van der Waals surface area contributed by atoms with Crippen LogP contribution in [-0.2, 0) is 4.74 Å². The van der Waals surface area contributed by atoms with Crippen molar-refractivity contribution in [1.82, 2.24) is 0 Å². The standard InChI is InChI=1S/C30H45NO2/c1-19-8-12-29(18-33-5)23(17-19)9-13-30(31)25-7-6-24(28(25,4)11-10-26(29)30)27(32)22-15-20(2)14-21(3)16-22/h14-16,19,23-26H,6-13,17-18,31H2,1-5H3/t19-,23?,24+,25?,26?,28+,29+,30+/m0/s1. The maximum absolute atomic E-state index is 13.8. The van der Waals surface area contributed by atoms with Gasteiger partial charge in [0.25, 0.3) is 0 Å². The number of rotatable bonds is 4. The highest BCUT2D eigenvalue weighted by atomic mass is 16.5. The van der Waals surface area contributed by atoms with Crippen LogP contribution in [0.5, 0.6) is 0 Å². The maximum atomic E-state index is 13.8. The van der Waals surface area contributed by atoms with Gasteiger partial charge in [0.15, 0.2) is 5.78 Å².